The molecule has 29 heavy (non-hydrogen) atoms. The van der Waals surface area contributed by atoms with E-state index in [1.807, 2.05) is 26.1 Å². The first-order valence-corrected chi connectivity index (χ1v) is 12.2. The number of hydrogen-bond acceptors (Lipinski definition) is 4. The zero-order chi connectivity index (χ0) is 20.8. The molecule has 4 rings (SSSR count). The van der Waals surface area contributed by atoms with E-state index in [9.17, 15) is 13.2 Å². The number of aryl methyl sites for hydroxylation is 1. The Morgan fingerprint density at radius 2 is 1.69 bits per heavy atom. The summed E-state index contributed by atoms with van der Waals surface area (Å²) in [5.74, 6) is -0.212. The van der Waals surface area contributed by atoms with Crippen LogP contribution in [0.4, 0.5) is 5.69 Å². The fraction of sp³-hybridized carbons (Fsp3) is 0.381. The lowest BCUT2D eigenvalue weighted by Crippen LogP contribution is -2.54. The van der Waals surface area contributed by atoms with Crippen LogP contribution in [0.15, 0.2) is 47.4 Å². The summed E-state index contributed by atoms with van der Waals surface area (Å²) in [6.07, 6.45) is 1.83. The van der Waals surface area contributed by atoms with Crippen LogP contribution in [0, 0.1) is 10.5 Å². The number of piperazine rings is 1. The number of sulfonamides is 1. The Bertz CT molecular complexity index is 1030. The average Bonchev–Trinajstić information content (AvgIpc) is 2.97. The standard InChI is InChI=1S/C21H24IN3O3S/c1-14-3-4-15(11-20(14)22)21(26)23-16-5-9-19(10-6-16)29(27,28)25-17-7-8-18(25)13-24(2)12-17/h3-6,9-11,17-18H,7-8,12-13H2,1-2H3,(H,23,26). The van der Waals surface area contributed by atoms with E-state index in [0.717, 1.165) is 35.1 Å². The van der Waals surface area contributed by atoms with Crippen molar-refractivity contribution in [1.29, 1.82) is 0 Å². The molecule has 2 fully saturated rings. The molecule has 2 heterocycles. The van der Waals surface area contributed by atoms with Crippen LogP contribution >= 0.6 is 22.6 Å². The lowest BCUT2D eigenvalue weighted by molar-refractivity contribution is 0.102. The molecular weight excluding hydrogens is 501 g/mol. The lowest BCUT2D eigenvalue weighted by atomic mass is 10.1. The molecule has 2 unspecified atom stereocenters. The number of halogens is 1. The minimum Gasteiger partial charge on any atom is -0.322 e. The zero-order valence-electron chi connectivity index (χ0n) is 16.4. The molecule has 0 radical (unpaired) electrons. The van der Waals surface area contributed by atoms with Crippen molar-refractivity contribution < 1.29 is 13.2 Å². The maximum atomic E-state index is 13.2. The van der Waals surface area contributed by atoms with Crippen molar-refractivity contribution in [1.82, 2.24) is 9.21 Å². The van der Waals surface area contributed by atoms with Gasteiger partial charge < -0.3 is 10.2 Å². The highest BCUT2D eigenvalue weighted by Crippen LogP contribution is 2.35. The first kappa shape index (κ1) is 20.8. The molecule has 0 spiro atoms. The predicted molar refractivity (Wildman–Crippen MR) is 122 cm³/mol. The highest BCUT2D eigenvalue weighted by atomic mass is 127. The molecule has 0 saturated carbocycles. The minimum absolute atomic E-state index is 0.0483. The number of benzene rings is 2. The van der Waals surface area contributed by atoms with Gasteiger partial charge in [0, 0.05) is 40.0 Å². The second kappa shape index (κ2) is 7.98. The number of fused-ring (bicyclic) bond motifs is 2. The van der Waals surface area contributed by atoms with Gasteiger partial charge in [-0.05, 0) is 91.4 Å². The third-order valence-electron chi connectivity index (χ3n) is 5.72. The van der Waals surface area contributed by atoms with Crippen LogP contribution in [0.5, 0.6) is 0 Å². The fourth-order valence-electron chi connectivity index (χ4n) is 4.24. The summed E-state index contributed by atoms with van der Waals surface area (Å²) < 4.78 is 29.1. The van der Waals surface area contributed by atoms with Crippen molar-refractivity contribution in [2.24, 2.45) is 0 Å². The maximum absolute atomic E-state index is 13.2. The Labute approximate surface area is 185 Å². The first-order chi connectivity index (χ1) is 13.8. The summed E-state index contributed by atoms with van der Waals surface area (Å²) in [5, 5.41) is 2.84. The van der Waals surface area contributed by atoms with E-state index in [0.29, 0.717) is 11.3 Å². The largest absolute Gasteiger partial charge is 0.322 e. The molecule has 0 aromatic heterocycles. The molecule has 2 atom stereocenters. The summed E-state index contributed by atoms with van der Waals surface area (Å²) in [6, 6.07) is 12.1. The molecule has 1 amide bonds. The molecule has 2 saturated heterocycles. The summed E-state index contributed by atoms with van der Waals surface area (Å²) in [4.78, 5) is 15.0. The van der Waals surface area contributed by atoms with Crippen molar-refractivity contribution in [2.45, 2.75) is 36.7 Å². The zero-order valence-corrected chi connectivity index (χ0v) is 19.4. The normalized spacial score (nSPS) is 22.6. The van der Waals surface area contributed by atoms with Gasteiger partial charge in [-0.1, -0.05) is 6.07 Å². The fourth-order valence-corrected chi connectivity index (χ4v) is 6.60. The number of carbonyl (C=O) groups excluding carboxylic acids is 1. The molecule has 2 bridgehead atoms. The Hall–Kier alpha value is -1.49. The predicted octanol–water partition coefficient (Wildman–Crippen LogP) is 3.32. The van der Waals surface area contributed by atoms with Gasteiger partial charge in [0.15, 0.2) is 0 Å². The van der Waals surface area contributed by atoms with Gasteiger partial charge in [-0.2, -0.15) is 4.31 Å². The smallest absolute Gasteiger partial charge is 0.255 e. The number of amides is 1. The Balaban J connectivity index is 1.50. The van der Waals surface area contributed by atoms with Crippen LogP contribution in [0.2, 0.25) is 0 Å². The molecule has 6 nitrogen and oxygen atoms in total. The minimum atomic E-state index is -3.54. The molecule has 0 aliphatic carbocycles. The van der Waals surface area contributed by atoms with E-state index < -0.39 is 10.0 Å². The second-order valence-electron chi connectivity index (χ2n) is 7.88. The number of likely N-dealkylation sites (tertiary alicyclic amines) is 1. The average molecular weight is 525 g/mol. The quantitative estimate of drug-likeness (QED) is 0.623. The van der Waals surface area contributed by atoms with Crippen molar-refractivity contribution in [3.05, 3.63) is 57.2 Å². The summed E-state index contributed by atoms with van der Waals surface area (Å²) in [6.45, 7) is 3.55. The van der Waals surface area contributed by atoms with Crippen molar-refractivity contribution in [3.63, 3.8) is 0 Å². The third-order valence-corrected chi connectivity index (χ3v) is 8.90. The van der Waals surface area contributed by atoms with E-state index in [4.69, 9.17) is 0 Å². The Morgan fingerprint density at radius 1 is 1.07 bits per heavy atom. The van der Waals surface area contributed by atoms with Crippen LogP contribution in [-0.4, -0.2) is 55.8 Å². The van der Waals surface area contributed by atoms with E-state index in [1.165, 1.54) is 0 Å². The number of nitrogens with one attached hydrogen (secondary N) is 1. The Morgan fingerprint density at radius 3 is 2.28 bits per heavy atom. The number of carbonyl (C=O) groups is 1. The second-order valence-corrected chi connectivity index (χ2v) is 10.9. The summed E-state index contributed by atoms with van der Waals surface area (Å²) in [7, 11) is -1.49. The van der Waals surface area contributed by atoms with Gasteiger partial charge in [0.05, 0.1) is 4.90 Å². The van der Waals surface area contributed by atoms with Crippen molar-refractivity contribution >= 4 is 44.2 Å². The lowest BCUT2D eigenvalue weighted by Gasteiger charge is -2.38. The molecular formula is C21H24IN3O3S. The van der Waals surface area contributed by atoms with Crippen LogP contribution in [0.3, 0.4) is 0 Å². The molecule has 2 aromatic rings. The van der Waals surface area contributed by atoms with Crippen LogP contribution < -0.4 is 5.32 Å². The van der Waals surface area contributed by atoms with Gasteiger partial charge in [0.25, 0.3) is 5.91 Å². The molecule has 2 aromatic carbocycles. The number of hydrogen-bond donors (Lipinski definition) is 1. The van der Waals surface area contributed by atoms with Gasteiger partial charge in [-0.25, -0.2) is 8.42 Å². The molecule has 154 valence electrons. The number of rotatable bonds is 4. The topological polar surface area (TPSA) is 69.7 Å². The molecule has 1 N–H and O–H groups in total. The molecule has 8 heteroatoms. The SMILES string of the molecule is Cc1ccc(C(=O)Nc2ccc(S(=O)(=O)N3C4CCC3CN(C)C4)cc2)cc1I. The number of anilines is 1. The van der Waals surface area contributed by atoms with Gasteiger partial charge in [-0.3, -0.25) is 4.79 Å². The first-order valence-electron chi connectivity index (χ1n) is 9.65. The van der Waals surface area contributed by atoms with E-state index in [1.54, 1.807) is 34.6 Å². The van der Waals surface area contributed by atoms with Gasteiger partial charge in [0.2, 0.25) is 10.0 Å². The van der Waals surface area contributed by atoms with Crippen LogP contribution in [0.1, 0.15) is 28.8 Å². The highest BCUT2D eigenvalue weighted by molar-refractivity contribution is 14.1. The van der Waals surface area contributed by atoms with E-state index >= 15 is 0 Å². The summed E-state index contributed by atoms with van der Waals surface area (Å²) >= 11 is 2.20. The van der Waals surface area contributed by atoms with Gasteiger partial charge >= 0.3 is 0 Å². The van der Waals surface area contributed by atoms with Crippen LogP contribution in [-0.2, 0) is 10.0 Å². The van der Waals surface area contributed by atoms with E-state index in [-0.39, 0.29) is 22.9 Å². The Kier molecular flexibility index (Phi) is 5.71. The monoisotopic (exact) mass is 525 g/mol. The number of likely N-dealkylation sites (N-methyl/N-ethyl adjacent to an activating group) is 1. The number of nitrogens with zero attached hydrogens (tertiary/aromatic N) is 2. The van der Waals surface area contributed by atoms with Crippen molar-refractivity contribution in [2.75, 3.05) is 25.5 Å². The van der Waals surface area contributed by atoms with Gasteiger partial charge in [-0.15, -0.1) is 0 Å². The van der Waals surface area contributed by atoms with E-state index in [2.05, 4.69) is 32.8 Å². The molecule has 2 aliphatic heterocycles. The van der Waals surface area contributed by atoms with Gasteiger partial charge in [0.1, 0.15) is 0 Å². The molecule has 2 aliphatic rings. The van der Waals surface area contributed by atoms with Crippen molar-refractivity contribution in [3.8, 4) is 0 Å². The third kappa shape index (κ3) is 4.08. The van der Waals surface area contributed by atoms with Crippen LogP contribution in [0.25, 0.3) is 0 Å². The maximum Gasteiger partial charge on any atom is 0.255 e. The highest BCUT2D eigenvalue weighted by Gasteiger charge is 2.45. The summed E-state index contributed by atoms with van der Waals surface area (Å²) in [5.41, 5.74) is 2.27.